The van der Waals surface area contributed by atoms with Crippen LogP contribution >= 0.6 is 0 Å². The molecule has 0 amide bonds. The number of hydrogen-bond donors (Lipinski definition) is 0. The van der Waals surface area contributed by atoms with Gasteiger partial charge in [0.15, 0.2) is 0 Å². The number of nitrogens with zero attached hydrogens (tertiary/aromatic N) is 1. The molecule has 0 saturated carbocycles. The highest BCUT2D eigenvalue weighted by molar-refractivity contribution is 7.86. The third kappa shape index (κ3) is 3.59. The second-order valence-electron chi connectivity index (χ2n) is 6.53. The molecule has 0 radical (unpaired) electrons. The van der Waals surface area contributed by atoms with Crippen LogP contribution in [0.1, 0.15) is 25.3 Å². The normalized spacial score (nSPS) is 16.6. The first-order chi connectivity index (χ1) is 12.4. The predicted octanol–water partition coefficient (Wildman–Crippen LogP) is 3.86. The second kappa shape index (κ2) is 7.32. The van der Waals surface area contributed by atoms with Crippen molar-refractivity contribution in [3.8, 4) is 5.75 Å². The first-order valence-electron chi connectivity index (χ1n) is 8.65. The maximum absolute atomic E-state index is 13.9. The van der Waals surface area contributed by atoms with Crippen molar-refractivity contribution in [1.82, 2.24) is 0 Å². The quantitative estimate of drug-likeness (QED) is 0.713. The predicted molar refractivity (Wildman–Crippen MR) is 94.1 cm³/mol. The van der Waals surface area contributed by atoms with Crippen molar-refractivity contribution in [2.45, 2.75) is 31.2 Å². The van der Waals surface area contributed by atoms with Crippen LogP contribution in [0.2, 0.25) is 0 Å². The average molecular weight is 382 g/mol. The minimum Gasteiger partial charge on any atom is -0.494 e. The Labute approximate surface area is 152 Å². The first kappa shape index (κ1) is 18.8. The van der Waals surface area contributed by atoms with Gasteiger partial charge in [-0.15, -0.1) is 0 Å². The van der Waals surface area contributed by atoms with E-state index in [1.54, 1.807) is 13.0 Å². The molecule has 1 aliphatic heterocycles. The smallest absolute Gasteiger partial charge is 0.327 e. The molecule has 0 spiro atoms. The fraction of sp³-hybridized carbons (Fsp3) is 0.368. The number of quaternary nitrogens is 1. The minimum absolute atomic E-state index is 0.0854. The Balaban J connectivity index is 2.00. The zero-order valence-corrected chi connectivity index (χ0v) is 15.4. The highest BCUT2D eigenvalue weighted by Crippen LogP contribution is 2.34. The van der Waals surface area contributed by atoms with Crippen LogP contribution in [-0.2, 0) is 16.6 Å². The summed E-state index contributed by atoms with van der Waals surface area (Å²) >= 11 is 0. The van der Waals surface area contributed by atoms with E-state index in [1.807, 2.05) is 0 Å². The summed E-state index contributed by atoms with van der Waals surface area (Å²) in [5.41, 5.74) is 0.570. The van der Waals surface area contributed by atoms with Crippen LogP contribution in [-0.4, -0.2) is 32.0 Å². The van der Waals surface area contributed by atoms with Gasteiger partial charge in [-0.05, 0) is 43.3 Å². The highest BCUT2D eigenvalue weighted by Gasteiger charge is 2.45. The molecule has 4 nitrogen and oxygen atoms in total. The van der Waals surface area contributed by atoms with Gasteiger partial charge >= 0.3 is 10.0 Å². The van der Waals surface area contributed by atoms with E-state index in [9.17, 15) is 17.2 Å². The molecule has 0 aliphatic carbocycles. The molecule has 2 aromatic carbocycles. The van der Waals surface area contributed by atoms with Gasteiger partial charge in [-0.3, -0.25) is 0 Å². The molecule has 1 fully saturated rings. The number of likely N-dealkylation sites (tertiary alicyclic amines) is 1. The van der Waals surface area contributed by atoms with E-state index in [0.29, 0.717) is 31.0 Å². The summed E-state index contributed by atoms with van der Waals surface area (Å²) in [4.78, 5) is 0.0854. The first-order valence-corrected chi connectivity index (χ1v) is 10.1. The molecule has 26 heavy (non-hydrogen) atoms. The molecular weight excluding hydrogens is 360 g/mol. The van der Waals surface area contributed by atoms with Crippen LogP contribution in [0.3, 0.4) is 0 Å². The van der Waals surface area contributed by atoms with Gasteiger partial charge in [0.2, 0.25) is 0 Å². The van der Waals surface area contributed by atoms with Gasteiger partial charge in [0, 0.05) is 24.5 Å². The van der Waals surface area contributed by atoms with Gasteiger partial charge < -0.3 is 4.74 Å². The summed E-state index contributed by atoms with van der Waals surface area (Å²) in [6, 6.07) is 9.20. The third-order valence-corrected chi connectivity index (χ3v) is 7.10. The van der Waals surface area contributed by atoms with Crippen molar-refractivity contribution in [2.24, 2.45) is 0 Å². The van der Waals surface area contributed by atoms with Crippen molar-refractivity contribution >= 4 is 10.0 Å². The minimum atomic E-state index is -3.75. The van der Waals surface area contributed by atoms with E-state index in [-0.39, 0.29) is 15.3 Å². The van der Waals surface area contributed by atoms with E-state index in [1.165, 1.54) is 24.3 Å². The summed E-state index contributed by atoms with van der Waals surface area (Å²) in [6.07, 6.45) is 1.54. The Kier molecular flexibility index (Phi) is 5.29. The van der Waals surface area contributed by atoms with Crippen molar-refractivity contribution in [3.05, 3.63) is 59.7 Å². The van der Waals surface area contributed by atoms with Crippen LogP contribution in [0.4, 0.5) is 8.78 Å². The Morgan fingerprint density at radius 1 is 1.00 bits per heavy atom. The van der Waals surface area contributed by atoms with E-state index in [2.05, 4.69) is 0 Å². The van der Waals surface area contributed by atoms with Crippen LogP contribution in [0.5, 0.6) is 5.75 Å². The molecule has 1 aliphatic rings. The lowest BCUT2D eigenvalue weighted by molar-refractivity contribution is -0.807. The van der Waals surface area contributed by atoms with Crippen LogP contribution in [0.15, 0.2) is 47.4 Å². The fourth-order valence-electron chi connectivity index (χ4n) is 3.52. The summed E-state index contributed by atoms with van der Waals surface area (Å²) in [7, 11) is -3.75. The summed E-state index contributed by atoms with van der Waals surface area (Å²) in [5, 5.41) is 0. The topological polar surface area (TPSA) is 43.4 Å². The Bertz CT molecular complexity index is 876. The SMILES string of the molecule is CCOc1cc(F)cc(C[N+]2(S(=O)(=O)c3ccc(F)cc3)CCCC2)c1. The molecule has 2 aromatic rings. The van der Waals surface area contributed by atoms with Crippen LogP contribution in [0.25, 0.3) is 0 Å². The lowest BCUT2D eigenvalue weighted by Gasteiger charge is -2.32. The van der Waals surface area contributed by atoms with E-state index in [0.717, 1.165) is 25.0 Å². The van der Waals surface area contributed by atoms with E-state index >= 15 is 0 Å². The van der Waals surface area contributed by atoms with Crippen LogP contribution in [0, 0.1) is 11.6 Å². The monoisotopic (exact) mass is 382 g/mol. The van der Waals surface area contributed by atoms with Gasteiger partial charge in [-0.25, -0.2) is 12.7 Å². The maximum Gasteiger partial charge on any atom is 0.327 e. The van der Waals surface area contributed by atoms with Gasteiger partial charge in [-0.1, -0.05) is 0 Å². The molecule has 0 N–H and O–H groups in total. The molecule has 7 heteroatoms. The van der Waals surface area contributed by atoms with Crippen molar-refractivity contribution in [1.29, 1.82) is 0 Å². The Morgan fingerprint density at radius 3 is 2.27 bits per heavy atom. The van der Waals surface area contributed by atoms with Gasteiger partial charge in [0.05, 0.1) is 19.7 Å². The van der Waals surface area contributed by atoms with Crippen molar-refractivity contribution in [3.63, 3.8) is 0 Å². The van der Waals surface area contributed by atoms with Crippen molar-refractivity contribution < 1.29 is 25.8 Å². The van der Waals surface area contributed by atoms with E-state index in [4.69, 9.17) is 4.74 Å². The molecule has 0 unspecified atom stereocenters. The standard InChI is InChI=1S/C19H22F2NO3S/c1-2-25-18-12-15(11-17(21)13-18)14-22(9-3-4-10-22)26(23,24)19-7-5-16(20)6-8-19/h5-8,11-13H,2-4,9-10,14H2,1H3/q+1. The number of benzene rings is 2. The molecule has 1 heterocycles. The molecule has 0 aromatic heterocycles. The number of hydrogen-bond acceptors (Lipinski definition) is 3. The number of sulfonamides is 1. The van der Waals surface area contributed by atoms with E-state index < -0.39 is 21.7 Å². The molecule has 3 rings (SSSR count). The molecular formula is C19H22F2NO3S+. The summed E-state index contributed by atoms with van der Waals surface area (Å²) in [6.45, 7) is 3.24. The number of ether oxygens (including phenoxy) is 1. The molecule has 140 valence electrons. The van der Waals surface area contributed by atoms with Crippen LogP contribution < -0.4 is 4.74 Å². The summed E-state index contributed by atoms with van der Waals surface area (Å²) in [5.74, 6) is -0.551. The lowest BCUT2D eigenvalue weighted by atomic mass is 10.2. The second-order valence-corrected chi connectivity index (χ2v) is 8.72. The van der Waals surface area contributed by atoms with Gasteiger partial charge in [0.1, 0.15) is 28.8 Å². The zero-order chi connectivity index (χ0) is 18.8. The third-order valence-electron chi connectivity index (χ3n) is 4.72. The molecule has 0 atom stereocenters. The van der Waals surface area contributed by atoms with Gasteiger partial charge in [0.25, 0.3) is 0 Å². The maximum atomic E-state index is 13.9. The fourth-order valence-corrected chi connectivity index (χ4v) is 5.51. The Morgan fingerprint density at radius 2 is 1.65 bits per heavy atom. The highest BCUT2D eigenvalue weighted by atomic mass is 32.2. The Hall–Kier alpha value is -1.99. The lowest BCUT2D eigenvalue weighted by Crippen LogP contribution is -2.49. The number of rotatable bonds is 6. The van der Waals surface area contributed by atoms with Gasteiger partial charge in [-0.2, -0.15) is 8.42 Å². The molecule has 0 bridgehead atoms. The van der Waals surface area contributed by atoms with Crippen molar-refractivity contribution in [2.75, 3.05) is 19.7 Å². The average Bonchev–Trinajstić information content (AvgIpc) is 3.05. The largest absolute Gasteiger partial charge is 0.494 e. The number of halogens is 2. The molecule has 1 saturated heterocycles. The zero-order valence-electron chi connectivity index (χ0n) is 14.6. The summed E-state index contributed by atoms with van der Waals surface area (Å²) < 4.78 is 58.9.